The molecule has 0 spiro atoms. The lowest BCUT2D eigenvalue weighted by Gasteiger charge is -2.14. The monoisotopic (exact) mass is 292 g/mol. The topological polar surface area (TPSA) is 63.6 Å². The van der Waals surface area contributed by atoms with Crippen LogP contribution < -0.4 is 0 Å². The van der Waals surface area contributed by atoms with Crippen LogP contribution in [0.3, 0.4) is 0 Å². The predicted molar refractivity (Wildman–Crippen MR) is 80.9 cm³/mol. The van der Waals surface area contributed by atoms with E-state index in [2.05, 4.69) is 19.1 Å². The largest absolute Gasteiger partial charge is 0.481 e. The van der Waals surface area contributed by atoms with E-state index in [0.29, 0.717) is 18.8 Å². The van der Waals surface area contributed by atoms with Gasteiger partial charge in [-0.3, -0.25) is 9.59 Å². The molecule has 4 heteroatoms. The molecule has 1 aromatic rings. The Morgan fingerprint density at radius 1 is 1.19 bits per heavy atom. The highest BCUT2D eigenvalue weighted by Gasteiger charge is 2.27. The molecule has 2 unspecified atom stereocenters. The number of carbonyl (C=O) groups excluding carboxylic acids is 1. The Kier molecular flexibility index (Phi) is 7.51. The fourth-order valence-corrected chi connectivity index (χ4v) is 2.37. The molecule has 0 aliphatic heterocycles. The quantitative estimate of drug-likeness (QED) is 0.560. The molecule has 1 rings (SSSR count). The highest BCUT2D eigenvalue weighted by molar-refractivity contribution is 5.93. The maximum Gasteiger partial charge on any atom is 0.320 e. The third-order valence-corrected chi connectivity index (χ3v) is 3.49. The molecule has 116 valence electrons. The van der Waals surface area contributed by atoms with Crippen LogP contribution in [-0.4, -0.2) is 23.7 Å². The molecule has 0 heterocycles. The fourth-order valence-electron chi connectivity index (χ4n) is 2.37. The zero-order valence-electron chi connectivity index (χ0n) is 12.7. The molecule has 4 nitrogen and oxygen atoms in total. The van der Waals surface area contributed by atoms with Gasteiger partial charge in [0.25, 0.3) is 0 Å². The molecule has 0 aliphatic carbocycles. The molecule has 21 heavy (non-hydrogen) atoms. The Hall–Kier alpha value is -1.84. The molecule has 0 bridgehead atoms. The fraction of sp³-hybridized carbons (Fsp3) is 0.529. The second-order valence-corrected chi connectivity index (χ2v) is 5.37. The molecule has 0 amide bonds. The van der Waals surface area contributed by atoms with Crippen LogP contribution in [0.1, 0.15) is 38.7 Å². The third-order valence-electron chi connectivity index (χ3n) is 3.49. The zero-order valence-corrected chi connectivity index (χ0v) is 12.7. The molecule has 0 aromatic heterocycles. The van der Waals surface area contributed by atoms with Crippen molar-refractivity contribution in [1.29, 1.82) is 0 Å². The van der Waals surface area contributed by atoms with Crippen LogP contribution in [0.5, 0.6) is 0 Å². The molecule has 0 saturated heterocycles. The summed E-state index contributed by atoms with van der Waals surface area (Å²) in [4.78, 5) is 22.6. The van der Waals surface area contributed by atoms with Crippen LogP contribution in [0.2, 0.25) is 0 Å². The second kappa shape index (κ2) is 9.16. The van der Waals surface area contributed by atoms with Gasteiger partial charge in [-0.1, -0.05) is 50.1 Å². The summed E-state index contributed by atoms with van der Waals surface area (Å²) in [5.74, 6) is -2.29. The van der Waals surface area contributed by atoms with E-state index in [4.69, 9.17) is 9.84 Å². The van der Waals surface area contributed by atoms with Crippen molar-refractivity contribution in [1.82, 2.24) is 0 Å². The highest BCUT2D eigenvalue weighted by atomic mass is 16.5. The number of ether oxygens (including phenoxy) is 1. The minimum Gasteiger partial charge on any atom is -0.481 e. The minimum atomic E-state index is -1.09. The second-order valence-electron chi connectivity index (χ2n) is 5.37. The van der Waals surface area contributed by atoms with Crippen molar-refractivity contribution in [2.45, 2.75) is 39.5 Å². The molecule has 0 saturated carbocycles. The Bertz CT molecular complexity index is 441. The van der Waals surface area contributed by atoms with Crippen molar-refractivity contribution >= 4 is 11.9 Å². The van der Waals surface area contributed by atoms with Gasteiger partial charge < -0.3 is 9.84 Å². The van der Waals surface area contributed by atoms with Crippen molar-refractivity contribution in [3.05, 3.63) is 35.9 Å². The summed E-state index contributed by atoms with van der Waals surface area (Å²) in [6.45, 7) is 4.04. The van der Waals surface area contributed by atoms with Gasteiger partial charge in [0.2, 0.25) is 0 Å². The first-order chi connectivity index (χ1) is 10.0. The number of rotatable bonds is 9. The van der Waals surface area contributed by atoms with Crippen LogP contribution in [0.15, 0.2) is 30.3 Å². The molecule has 1 aromatic carbocycles. The summed E-state index contributed by atoms with van der Waals surface area (Å²) in [7, 11) is 0. The maximum atomic E-state index is 11.5. The van der Waals surface area contributed by atoms with Crippen molar-refractivity contribution in [3.63, 3.8) is 0 Å². The number of hydrogen-bond acceptors (Lipinski definition) is 3. The van der Waals surface area contributed by atoms with E-state index in [1.54, 1.807) is 6.92 Å². The predicted octanol–water partition coefficient (Wildman–Crippen LogP) is 3.30. The van der Waals surface area contributed by atoms with Crippen molar-refractivity contribution < 1.29 is 19.4 Å². The van der Waals surface area contributed by atoms with Gasteiger partial charge in [-0.2, -0.15) is 0 Å². The first-order valence-corrected chi connectivity index (χ1v) is 7.48. The molecular formula is C17H24O4. The van der Waals surface area contributed by atoms with Crippen LogP contribution in [-0.2, 0) is 20.7 Å². The Labute approximate surface area is 126 Å². The number of carboxylic acids is 1. The minimum absolute atomic E-state index is 0.215. The van der Waals surface area contributed by atoms with Gasteiger partial charge in [0.1, 0.15) is 0 Å². The van der Waals surface area contributed by atoms with Gasteiger partial charge in [0, 0.05) is 0 Å². The number of benzene rings is 1. The van der Waals surface area contributed by atoms with E-state index in [1.807, 2.05) is 18.2 Å². The summed E-state index contributed by atoms with van der Waals surface area (Å²) in [6.07, 6.45) is 2.92. The van der Waals surface area contributed by atoms with Gasteiger partial charge in [-0.25, -0.2) is 0 Å². The normalized spacial score (nSPS) is 13.4. The number of carboxylic acid groups (broad SMARTS) is 1. The Morgan fingerprint density at radius 2 is 1.86 bits per heavy atom. The maximum absolute atomic E-state index is 11.5. The van der Waals surface area contributed by atoms with E-state index < -0.39 is 17.9 Å². The highest BCUT2D eigenvalue weighted by Crippen LogP contribution is 2.18. The lowest BCUT2D eigenvalue weighted by atomic mass is 9.93. The van der Waals surface area contributed by atoms with Crippen molar-refractivity contribution in [2.24, 2.45) is 11.8 Å². The van der Waals surface area contributed by atoms with E-state index >= 15 is 0 Å². The average molecular weight is 292 g/mol. The number of esters is 1. The lowest BCUT2D eigenvalue weighted by molar-refractivity contribution is -0.158. The molecular weight excluding hydrogens is 268 g/mol. The Morgan fingerprint density at radius 3 is 2.43 bits per heavy atom. The van der Waals surface area contributed by atoms with Crippen LogP contribution >= 0.6 is 0 Å². The summed E-state index contributed by atoms with van der Waals surface area (Å²) in [5.41, 5.74) is 1.28. The summed E-state index contributed by atoms with van der Waals surface area (Å²) >= 11 is 0. The number of aliphatic carboxylic acids is 1. The van der Waals surface area contributed by atoms with Gasteiger partial charge in [0.05, 0.1) is 6.61 Å². The number of hydrogen-bond donors (Lipinski definition) is 1. The van der Waals surface area contributed by atoms with Gasteiger partial charge in [0.15, 0.2) is 5.92 Å². The summed E-state index contributed by atoms with van der Waals surface area (Å²) in [6, 6.07) is 10.2. The third kappa shape index (κ3) is 6.43. The lowest BCUT2D eigenvalue weighted by Crippen LogP contribution is -2.26. The van der Waals surface area contributed by atoms with Crippen LogP contribution in [0.4, 0.5) is 0 Å². The molecule has 1 N–H and O–H groups in total. The van der Waals surface area contributed by atoms with Gasteiger partial charge >= 0.3 is 11.9 Å². The molecule has 2 atom stereocenters. The Balaban J connectivity index is 2.36. The van der Waals surface area contributed by atoms with E-state index in [-0.39, 0.29) is 6.61 Å². The van der Waals surface area contributed by atoms with E-state index in [9.17, 15) is 9.59 Å². The first kappa shape index (κ1) is 17.2. The summed E-state index contributed by atoms with van der Waals surface area (Å²) < 4.78 is 4.80. The van der Waals surface area contributed by atoms with Crippen LogP contribution in [0.25, 0.3) is 0 Å². The smallest absolute Gasteiger partial charge is 0.320 e. The average Bonchev–Trinajstić information content (AvgIpc) is 2.44. The molecule has 0 aliphatic rings. The summed E-state index contributed by atoms with van der Waals surface area (Å²) in [5, 5.41) is 9.07. The van der Waals surface area contributed by atoms with Gasteiger partial charge in [-0.05, 0) is 31.2 Å². The van der Waals surface area contributed by atoms with E-state index in [1.165, 1.54) is 5.56 Å². The van der Waals surface area contributed by atoms with Gasteiger partial charge in [-0.15, -0.1) is 0 Å². The SMILES string of the molecule is CCOC(=O)C(CCCC(C)Cc1ccccc1)C(=O)O. The standard InChI is InChI=1S/C17H24O4/c1-3-21-17(20)15(16(18)19)11-7-8-13(2)12-14-9-5-4-6-10-14/h4-6,9-10,13,15H,3,7-8,11-12H2,1-2H3,(H,18,19). The molecule has 0 fully saturated rings. The first-order valence-electron chi connectivity index (χ1n) is 7.48. The van der Waals surface area contributed by atoms with E-state index in [0.717, 1.165) is 12.8 Å². The molecule has 0 radical (unpaired) electrons. The number of carbonyl (C=O) groups is 2. The van der Waals surface area contributed by atoms with Crippen molar-refractivity contribution in [3.8, 4) is 0 Å². The van der Waals surface area contributed by atoms with Crippen molar-refractivity contribution in [2.75, 3.05) is 6.61 Å². The zero-order chi connectivity index (χ0) is 15.7. The van der Waals surface area contributed by atoms with Crippen LogP contribution in [0, 0.1) is 11.8 Å².